The molecule has 0 fully saturated rings. The zero-order valence-corrected chi connectivity index (χ0v) is 11.1. The number of halogens is 2. The van der Waals surface area contributed by atoms with Crippen molar-refractivity contribution < 1.29 is 8.78 Å². The van der Waals surface area contributed by atoms with Crippen LogP contribution in [0.3, 0.4) is 0 Å². The van der Waals surface area contributed by atoms with Crippen molar-refractivity contribution >= 4 is 0 Å². The Balaban J connectivity index is 1.84. The molecule has 1 unspecified atom stereocenters. The SMILES string of the molecule is NC(Cn1cnc2c1CCCC2)c1cccc(F)c1F. The second-order valence-corrected chi connectivity index (χ2v) is 5.25. The van der Waals surface area contributed by atoms with E-state index in [2.05, 4.69) is 4.98 Å². The summed E-state index contributed by atoms with van der Waals surface area (Å²) in [6, 6.07) is 3.54. The highest BCUT2D eigenvalue weighted by molar-refractivity contribution is 5.23. The lowest BCUT2D eigenvalue weighted by molar-refractivity contribution is 0.470. The first-order chi connectivity index (χ1) is 9.66. The second kappa shape index (κ2) is 5.32. The molecular weight excluding hydrogens is 260 g/mol. The molecule has 0 aliphatic heterocycles. The number of fused-ring (bicyclic) bond motifs is 1. The molecular formula is C15H17F2N3. The van der Waals surface area contributed by atoms with Gasteiger partial charge in [-0.15, -0.1) is 0 Å². The Labute approximate surface area is 116 Å². The summed E-state index contributed by atoms with van der Waals surface area (Å²) in [5, 5.41) is 0. The third-order valence-electron chi connectivity index (χ3n) is 3.88. The molecule has 1 aromatic carbocycles. The normalized spacial score (nSPS) is 15.9. The smallest absolute Gasteiger partial charge is 0.163 e. The van der Waals surface area contributed by atoms with Crippen LogP contribution in [0.25, 0.3) is 0 Å². The lowest BCUT2D eigenvalue weighted by atomic mass is 10.0. The molecule has 0 spiro atoms. The molecule has 1 aliphatic rings. The summed E-state index contributed by atoms with van der Waals surface area (Å²) in [4.78, 5) is 4.38. The van der Waals surface area contributed by atoms with Crippen LogP contribution in [0, 0.1) is 11.6 Å². The van der Waals surface area contributed by atoms with E-state index in [0.29, 0.717) is 6.54 Å². The fourth-order valence-corrected chi connectivity index (χ4v) is 2.81. The minimum absolute atomic E-state index is 0.211. The first-order valence-corrected chi connectivity index (χ1v) is 6.89. The van der Waals surface area contributed by atoms with E-state index in [1.807, 2.05) is 4.57 Å². The van der Waals surface area contributed by atoms with Crippen molar-refractivity contribution in [2.24, 2.45) is 5.73 Å². The fraction of sp³-hybridized carbons (Fsp3) is 0.400. The van der Waals surface area contributed by atoms with E-state index in [-0.39, 0.29) is 5.56 Å². The van der Waals surface area contributed by atoms with E-state index in [4.69, 9.17) is 5.73 Å². The van der Waals surface area contributed by atoms with Crippen LogP contribution in [0.5, 0.6) is 0 Å². The molecule has 2 N–H and O–H groups in total. The van der Waals surface area contributed by atoms with Gasteiger partial charge in [-0.05, 0) is 31.7 Å². The Kier molecular flexibility index (Phi) is 3.53. The Morgan fingerprint density at radius 3 is 2.90 bits per heavy atom. The summed E-state index contributed by atoms with van der Waals surface area (Å²) in [5.74, 6) is -1.71. The number of benzene rings is 1. The lowest BCUT2D eigenvalue weighted by Crippen LogP contribution is -2.21. The van der Waals surface area contributed by atoms with Gasteiger partial charge in [0.05, 0.1) is 18.1 Å². The molecule has 0 amide bonds. The highest BCUT2D eigenvalue weighted by Crippen LogP contribution is 2.23. The first kappa shape index (κ1) is 13.2. The van der Waals surface area contributed by atoms with Crippen LogP contribution < -0.4 is 5.73 Å². The van der Waals surface area contributed by atoms with Crippen molar-refractivity contribution in [2.45, 2.75) is 38.3 Å². The number of nitrogens with zero attached hydrogens (tertiary/aromatic N) is 2. The summed E-state index contributed by atoms with van der Waals surface area (Å²) >= 11 is 0. The van der Waals surface area contributed by atoms with Gasteiger partial charge >= 0.3 is 0 Å². The summed E-state index contributed by atoms with van der Waals surface area (Å²) < 4.78 is 29.0. The standard InChI is InChI=1S/C15H17F2N3/c16-11-5-3-4-10(15(11)17)12(18)8-20-9-19-13-6-1-2-7-14(13)20/h3-5,9,12H,1-2,6-8,18H2. The summed E-state index contributed by atoms with van der Waals surface area (Å²) in [6.45, 7) is 0.419. The summed E-state index contributed by atoms with van der Waals surface area (Å²) in [7, 11) is 0. The van der Waals surface area contributed by atoms with Crippen molar-refractivity contribution in [1.29, 1.82) is 0 Å². The molecule has 2 aromatic rings. The molecule has 3 nitrogen and oxygen atoms in total. The summed E-state index contributed by atoms with van der Waals surface area (Å²) in [5.41, 5.74) is 8.54. The highest BCUT2D eigenvalue weighted by Gasteiger charge is 2.19. The van der Waals surface area contributed by atoms with Crippen molar-refractivity contribution in [2.75, 3.05) is 0 Å². The minimum atomic E-state index is -0.856. The van der Waals surface area contributed by atoms with Crippen LogP contribution in [-0.2, 0) is 19.4 Å². The maximum absolute atomic E-state index is 13.7. The fourth-order valence-electron chi connectivity index (χ4n) is 2.81. The van der Waals surface area contributed by atoms with Gasteiger partial charge in [0.25, 0.3) is 0 Å². The maximum atomic E-state index is 13.7. The van der Waals surface area contributed by atoms with E-state index >= 15 is 0 Å². The number of hydrogen-bond acceptors (Lipinski definition) is 2. The van der Waals surface area contributed by atoms with Gasteiger partial charge in [-0.1, -0.05) is 12.1 Å². The molecule has 3 rings (SSSR count). The van der Waals surface area contributed by atoms with Gasteiger partial charge in [0, 0.05) is 17.8 Å². The van der Waals surface area contributed by atoms with Crippen LogP contribution >= 0.6 is 0 Å². The molecule has 106 valence electrons. The molecule has 1 atom stereocenters. The van der Waals surface area contributed by atoms with Crippen molar-refractivity contribution in [1.82, 2.24) is 9.55 Å². The monoisotopic (exact) mass is 277 g/mol. The topological polar surface area (TPSA) is 43.8 Å². The molecule has 1 aliphatic carbocycles. The Bertz CT molecular complexity index is 622. The maximum Gasteiger partial charge on any atom is 0.163 e. The van der Waals surface area contributed by atoms with E-state index < -0.39 is 17.7 Å². The zero-order valence-electron chi connectivity index (χ0n) is 11.1. The molecule has 1 aromatic heterocycles. The van der Waals surface area contributed by atoms with Gasteiger partial charge in [-0.25, -0.2) is 13.8 Å². The average Bonchev–Trinajstić information content (AvgIpc) is 2.85. The molecule has 1 heterocycles. The van der Waals surface area contributed by atoms with Crippen LogP contribution in [0.2, 0.25) is 0 Å². The number of rotatable bonds is 3. The van der Waals surface area contributed by atoms with Crippen LogP contribution in [-0.4, -0.2) is 9.55 Å². The van der Waals surface area contributed by atoms with Gasteiger partial charge in [0.15, 0.2) is 11.6 Å². The van der Waals surface area contributed by atoms with Crippen LogP contribution in [0.1, 0.15) is 35.8 Å². The van der Waals surface area contributed by atoms with Crippen molar-refractivity contribution in [3.05, 3.63) is 53.1 Å². The van der Waals surface area contributed by atoms with E-state index in [0.717, 1.165) is 37.4 Å². The Hall–Kier alpha value is -1.75. The molecule has 0 saturated heterocycles. The number of nitrogens with two attached hydrogens (primary N) is 1. The van der Waals surface area contributed by atoms with Gasteiger partial charge in [0.1, 0.15) is 0 Å². The van der Waals surface area contributed by atoms with Gasteiger partial charge in [-0.3, -0.25) is 0 Å². The molecule has 0 radical (unpaired) electrons. The summed E-state index contributed by atoms with van der Waals surface area (Å²) in [6.07, 6.45) is 6.03. The molecule has 0 saturated carbocycles. The number of aryl methyl sites for hydroxylation is 1. The van der Waals surface area contributed by atoms with Gasteiger partial charge < -0.3 is 10.3 Å². The van der Waals surface area contributed by atoms with E-state index in [9.17, 15) is 8.78 Å². The molecule has 5 heteroatoms. The van der Waals surface area contributed by atoms with Crippen molar-refractivity contribution in [3.63, 3.8) is 0 Å². The van der Waals surface area contributed by atoms with E-state index in [1.54, 1.807) is 6.33 Å². The molecule has 20 heavy (non-hydrogen) atoms. The van der Waals surface area contributed by atoms with Gasteiger partial charge in [-0.2, -0.15) is 0 Å². The van der Waals surface area contributed by atoms with E-state index in [1.165, 1.54) is 17.8 Å². The Morgan fingerprint density at radius 1 is 1.25 bits per heavy atom. The lowest BCUT2D eigenvalue weighted by Gasteiger charge is -2.18. The molecule has 0 bridgehead atoms. The number of imidazole rings is 1. The van der Waals surface area contributed by atoms with Crippen LogP contribution in [0.15, 0.2) is 24.5 Å². The Morgan fingerprint density at radius 2 is 2.05 bits per heavy atom. The third kappa shape index (κ3) is 2.33. The largest absolute Gasteiger partial charge is 0.332 e. The number of aromatic nitrogens is 2. The third-order valence-corrected chi connectivity index (χ3v) is 3.88. The predicted octanol–water partition coefficient (Wildman–Crippen LogP) is 2.74. The number of hydrogen-bond donors (Lipinski definition) is 1. The second-order valence-electron chi connectivity index (χ2n) is 5.25. The zero-order chi connectivity index (χ0) is 14.1. The highest BCUT2D eigenvalue weighted by atomic mass is 19.2. The minimum Gasteiger partial charge on any atom is -0.332 e. The average molecular weight is 277 g/mol. The van der Waals surface area contributed by atoms with Crippen molar-refractivity contribution in [3.8, 4) is 0 Å². The first-order valence-electron chi connectivity index (χ1n) is 6.89. The van der Waals surface area contributed by atoms with Gasteiger partial charge in [0.2, 0.25) is 0 Å². The quantitative estimate of drug-likeness (QED) is 0.937. The predicted molar refractivity (Wildman–Crippen MR) is 72.2 cm³/mol. The van der Waals surface area contributed by atoms with Crippen LogP contribution in [0.4, 0.5) is 8.78 Å².